The zero-order valence-electron chi connectivity index (χ0n) is 18.5. The summed E-state index contributed by atoms with van der Waals surface area (Å²) in [7, 11) is 0. The van der Waals surface area contributed by atoms with Gasteiger partial charge in [-0.3, -0.25) is 9.69 Å². The molecular formula is C23H17F2N9O. The fraction of sp³-hybridized carbons (Fsp3) is 0.130. The first-order valence-corrected chi connectivity index (χ1v) is 10.2. The van der Waals surface area contributed by atoms with Crippen LogP contribution in [0.3, 0.4) is 0 Å². The van der Waals surface area contributed by atoms with Crippen LogP contribution in [0.1, 0.15) is 23.6 Å². The van der Waals surface area contributed by atoms with Gasteiger partial charge in [-0.15, -0.1) is 0 Å². The molecule has 4 N–H and O–H groups in total. The number of rotatable bonds is 4. The summed E-state index contributed by atoms with van der Waals surface area (Å²) in [5.41, 5.74) is 10.9. The lowest BCUT2D eigenvalue weighted by atomic mass is 10.1. The second-order valence-corrected chi connectivity index (χ2v) is 7.47. The van der Waals surface area contributed by atoms with E-state index in [9.17, 15) is 24.1 Å². The van der Waals surface area contributed by atoms with Crippen LogP contribution in [0, 0.1) is 41.2 Å². The van der Waals surface area contributed by atoms with Crippen molar-refractivity contribution in [3.05, 3.63) is 69.0 Å². The Bertz CT molecular complexity index is 1650. The largest absolute Gasteiger partial charge is 0.382 e. The van der Waals surface area contributed by atoms with Gasteiger partial charge in [-0.2, -0.15) is 20.5 Å². The topological polar surface area (TPSA) is 164 Å². The Labute approximate surface area is 197 Å². The van der Waals surface area contributed by atoms with Gasteiger partial charge in [-0.1, -0.05) is 6.07 Å². The van der Waals surface area contributed by atoms with E-state index in [-0.39, 0.29) is 57.8 Å². The number of aryl methyl sites for hydroxylation is 1. The monoisotopic (exact) mass is 473 g/mol. The van der Waals surface area contributed by atoms with Crippen molar-refractivity contribution in [1.82, 2.24) is 19.5 Å². The summed E-state index contributed by atoms with van der Waals surface area (Å²) >= 11 is 0. The van der Waals surface area contributed by atoms with E-state index in [4.69, 9.17) is 11.5 Å². The van der Waals surface area contributed by atoms with Gasteiger partial charge in [0.2, 0.25) is 11.9 Å². The number of hydrogen-bond donors (Lipinski definition) is 2. The van der Waals surface area contributed by atoms with E-state index in [0.29, 0.717) is 5.56 Å². The van der Waals surface area contributed by atoms with Gasteiger partial charge in [0.25, 0.3) is 5.56 Å². The predicted octanol–water partition coefficient (Wildman–Crippen LogP) is 2.83. The molecule has 0 unspecified atom stereocenters. The minimum atomic E-state index is -0.774. The molecule has 35 heavy (non-hydrogen) atoms. The molecule has 0 saturated carbocycles. The van der Waals surface area contributed by atoms with Gasteiger partial charge < -0.3 is 11.5 Å². The Morgan fingerprint density at radius 2 is 1.83 bits per heavy atom. The van der Waals surface area contributed by atoms with Crippen LogP contribution in [0.2, 0.25) is 0 Å². The summed E-state index contributed by atoms with van der Waals surface area (Å²) in [4.78, 5) is 27.3. The number of fused-ring (bicyclic) bond motifs is 1. The van der Waals surface area contributed by atoms with Crippen LogP contribution in [-0.4, -0.2) is 26.1 Å². The molecule has 2 heterocycles. The van der Waals surface area contributed by atoms with Crippen molar-refractivity contribution in [2.75, 3.05) is 22.9 Å². The second kappa shape index (κ2) is 8.68. The maximum absolute atomic E-state index is 14.8. The van der Waals surface area contributed by atoms with Crippen LogP contribution in [0.4, 0.5) is 32.3 Å². The Balaban J connectivity index is 2.20. The number of nitriles is 2. The third kappa shape index (κ3) is 3.83. The standard InChI is InChI=1S/C23H17F2N9O/c1-3-33(20-15(10-27)19(28)31-22(29)32-20)23-30-18-16(25)5-4-11(2)17(18)21(35)34(23)14-7-12(9-26)6-13(24)8-14/h4-8H,3H2,1-2H3,(H4,28,29,31,32). The van der Waals surface area contributed by atoms with Crippen molar-refractivity contribution in [2.24, 2.45) is 0 Å². The number of hydrogen-bond acceptors (Lipinski definition) is 9. The first kappa shape index (κ1) is 23.1. The number of nitrogen functional groups attached to an aromatic ring is 2. The molecule has 0 saturated heterocycles. The van der Waals surface area contributed by atoms with E-state index < -0.39 is 17.2 Å². The lowest BCUT2D eigenvalue weighted by Crippen LogP contribution is -2.31. The van der Waals surface area contributed by atoms with Crippen LogP contribution in [0.5, 0.6) is 0 Å². The van der Waals surface area contributed by atoms with Crippen LogP contribution in [0.15, 0.2) is 35.1 Å². The van der Waals surface area contributed by atoms with Crippen molar-refractivity contribution in [3.8, 4) is 17.8 Å². The second-order valence-electron chi connectivity index (χ2n) is 7.47. The van der Waals surface area contributed by atoms with Gasteiger partial charge in [0.15, 0.2) is 5.82 Å². The van der Waals surface area contributed by atoms with E-state index in [1.54, 1.807) is 13.8 Å². The van der Waals surface area contributed by atoms with Crippen LogP contribution < -0.4 is 21.9 Å². The molecule has 2 aromatic carbocycles. The average molecular weight is 473 g/mol. The first-order chi connectivity index (χ1) is 16.7. The molecule has 0 amide bonds. The summed E-state index contributed by atoms with van der Waals surface area (Å²) in [6.07, 6.45) is 0. The molecular weight excluding hydrogens is 456 g/mol. The average Bonchev–Trinajstić information content (AvgIpc) is 2.81. The van der Waals surface area contributed by atoms with Crippen molar-refractivity contribution in [1.29, 1.82) is 10.5 Å². The highest BCUT2D eigenvalue weighted by molar-refractivity contribution is 5.84. The SMILES string of the molecule is CCN(c1nc(N)nc(N)c1C#N)c1nc2c(F)ccc(C)c2c(=O)n1-c1cc(F)cc(C#N)c1. The molecule has 10 nitrogen and oxygen atoms in total. The van der Waals surface area contributed by atoms with E-state index in [0.717, 1.165) is 16.7 Å². The van der Waals surface area contributed by atoms with E-state index >= 15 is 0 Å². The third-order valence-corrected chi connectivity index (χ3v) is 5.30. The lowest BCUT2D eigenvalue weighted by Gasteiger charge is -2.26. The molecule has 0 bridgehead atoms. The number of anilines is 4. The number of halogens is 2. The molecule has 0 spiro atoms. The third-order valence-electron chi connectivity index (χ3n) is 5.30. The molecule has 12 heteroatoms. The molecule has 0 aliphatic carbocycles. The number of benzene rings is 2. The summed E-state index contributed by atoms with van der Waals surface area (Å²) in [5.74, 6) is -2.26. The normalized spacial score (nSPS) is 10.7. The zero-order chi connectivity index (χ0) is 25.4. The fourth-order valence-electron chi connectivity index (χ4n) is 3.75. The van der Waals surface area contributed by atoms with Crippen LogP contribution >= 0.6 is 0 Å². The Morgan fingerprint density at radius 3 is 2.49 bits per heavy atom. The number of aromatic nitrogens is 4. The predicted molar refractivity (Wildman–Crippen MR) is 125 cm³/mol. The number of nitrogens with zero attached hydrogens (tertiary/aromatic N) is 7. The summed E-state index contributed by atoms with van der Waals surface area (Å²) in [6.45, 7) is 3.34. The molecule has 0 aliphatic rings. The Hall–Kier alpha value is -5.10. The molecule has 174 valence electrons. The van der Waals surface area contributed by atoms with Crippen molar-refractivity contribution in [3.63, 3.8) is 0 Å². The fourth-order valence-corrected chi connectivity index (χ4v) is 3.75. The highest BCUT2D eigenvalue weighted by atomic mass is 19.1. The summed E-state index contributed by atoms with van der Waals surface area (Å²) < 4.78 is 30.3. The molecule has 0 aliphatic heterocycles. The van der Waals surface area contributed by atoms with Gasteiger partial charge >= 0.3 is 0 Å². The number of nitrogens with two attached hydrogens (primary N) is 2. The van der Waals surface area contributed by atoms with Gasteiger partial charge in [0, 0.05) is 6.54 Å². The first-order valence-electron chi connectivity index (χ1n) is 10.2. The zero-order valence-corrected chi connectivity index (χ0v) is 18.5. The maximum Gasteiger partial charge on any atom is 0.267 e. The van der Waals surface area contributed by atoms with Crippen molar-refractivity contribution >= 4 is 34.4 Å². The van der Waals surface area contributed by atoms with Crippen molar-refractivity contribution in [2.45, 2.75) is 13.8 Å². The summed E-state index contributed by atoms with van der Waals surface area (Å²) in [6, 6.07) is 9.66. The van der Waals surface area contributed by atoms with Crippen LogP contribution in [0.25, 0.3) is 16.6 Å². The lowest BCUT2D eigenvalue weighted by molar-refractivity contribution is 0.625. The molecule has 0 radical (unpaired) electrons. The molecule has 4 aromatic rings. The molecule has 2 aromatic heterocycles. The smallest absolute Gasteiger partial charge is 0.267 e. The Kier molecular flexibility index (Phi) is 5.72. The quantitative estimate of drug-likeness (QED) is 0.453. The summed E-state index contributed by atoms with van der Waals surface area (Å²) in [5, 5.41) is 19.0. The van der Waals surface area contributed by atoms with Crippen molar-refractivity contribution < 1.29 is 8.78 Å². The van der Waals surface area contributed by atoms with E-state index in [2.05, 4.69) is 15.0 Å². The van der Waals surface area contributed by atoms with E-state index in [1.165, 1.54) is 23.1 Å². The van der Waals surface area contributed by atoms with Gasteiger partial charge in [-0.25, -0.2) is 18.3 Å². The van der Waals surface area contributed by atoms with E-state index in [1.807, 2.05) is 12.1 Å². The minimum absolute atomic E-state index is 0.0326. The molecule has 0 atom stereocenters. The highest BCUT2D eigenvalue weighted by Gasteiger charge is 2.26. The molecule has 0 fully saturated rings. The minimum Gasteiger partial charge on any atom is -0.382 e. The van der Waals surface area contributed by atoms with Crippen LogP contribution in [-0.2, 0) is 0 Å². The highest BCUT2D eigenvalue weighted by Crippen LogP contribution is 2.31. The maximum atomic E-state index is 14.8. The van der Waals surface area contributed by atoms with Gasteiger partial charge in [0.05, 0.1) is 22.7 Å². The van der Waals surface area contributed by atoms with Gasteiger partial charge in [-0.05, 0) is 43.7 Å². The molecule has 4 rings (SSSR count). The van der Waals surface area contributed by atoms with Gasteiger partial charge in [0.1, 0.15) is 34.6 Å². The Morgan fingerprint density at radius 1 is 1.09 bits per heavy atom.